The van der Waals surface area contributed by atoms with Crippen LogP contribution in [0.15, 0.2) is 18.2 Å². The second-order valence-corrected chi connectivity index (χ2v) is 11.5. The van der Waals surface area contributed by atoms with Crippen molar-refractivity contribution in [1.82, 2.24) is 15.5 Å². The van der Waals surface area contributed by atoms with Crippen molar-refractivity contribution in [1.29, 1.82) is 0 Å². The van der Waals surface area contributed by atoms with Gasteiger partial charge in [0.05, 0.1) is 0 Å². The van der Waals surface area contributed by atoms with Crippen molar-refractivity contribution >= 4 is 18.1 Å². The van der Waals surface area contributed by atoms with Crippen LogP contribution in [0.1, 0.15) is 80.2 Å². The van der Waals surface area contributed by atoms with E-state index in [1.165, 1.54) is 0 Å². The summed E-state index contributed by atoms with van der Waals surface area (Å²) in [6.07, 6.45) is 1.14. The molecule has 0 fully saturated rings. The number of benzene rings is 1. The van der Waals surface area contributed by atoms with Crippen LogP contribution < -0.4 is 20.1 Å². The third-order valence-electron chi connectivity index (χ3n) is 5.70. The van der Waals surface area contributed by atoms with Crippen LogP contribution in [0.5, 0.6) is 11.5 Å². The number of hydrogen-bond acceptors (Lipinski definition) is 7. The molecule has 2 atom stereocenters. The molecule has 0 spiro atoms. The lowest BCUT2D eigenvalue weighted by molar-refractivity contribution is -0.135. The molecule has 2 rings (SSSR count). The zero-order chi connectivity index (χ0) is 28.5. The Labute approximate surface area is 226 Å². The molecule has 1 heterocycles. The Hall–Kier alpha value is -3.17. The minimum Gasteiger partial charge on any atom is -0.454 e. The SMILES string of the molecule is CCN(C(=O)C(CCCCNC(=O)OC(C)(C)C)NC(=O)OC(C)(C)C)C(C)Cc1ccc2c(c1)OCO2. The number of carbonyl (C=O) groups is 3. The molecule has 214 valence electrons. The highest BCUT2D eigenvalue weighted by molar-refractivity contribution is 5.86. The number of fused-ring (bicyclic) bond motifs is 1. The second-order valence-electron chi connectivity index (χ2n) is 11.5. The number of amides is 3. The van der Waals surface area contributed by atoms with Gasteiger partial charge in [-0.15, -0.1) is 0 Å². The Morgan fingerprint density at radius 1 is 0.974 bits per heavy atom. The molecular formula is C28H45N3O7. The number of rotatable bonds is 11. The van der Waals surface area contributed by atoms with E-state index in [4.69, 9.17) is 18.9 Å². The normalized spacial score (nSPS) is 14.3. The number of hydrogen-bond donors (Lipinski definition) is 2. The van der Waals surface area contributed by atoms with Crippen LogP contribution in [0.2, 0.25) is 0 Å². The predicted octanol–water partition coefficient (Wildman–Crippen LogP) is 4.78. The molecule has 1 aliphatic rings. The molecule has 0 bridgehead atoms. The van der Waals surface area contributed by atoms with Gasteiger partial charge in [0.2, 0.25) is 12.7 Å². The number of nitrogens with one attached hydrogen (secondary N) is 2. The highest BCUT2D eigenvalue weighted by Gasteiger charge is 2.30. The van der Waals surface area contributed by atoms with E-state index >= 15 is 0 Å². The smallest absolute Gasteiger partial charge is 0.408 e. The average Bonchev–Trinajstić information content (AvgIpc) is 3.24. The predicted molar refractivity (Wildman–Crippen MR) is 144 cm³/mol. The van der Waals surface area contributed by atoms with Gasteiger partial charge in [-0.05, 0) is 98.8 Å². The van der Waals surface area contributed by atoms with Gasteiger partial charge in [0.25, 0.3) is 0 Å². The fraction of sp³-hybridized carbons (Fsp3) is 0.679. The van der Waals surface area contributed by atoms with Crippen molar-refractivity contribution in [3.63, 3.8) is 0 Å². The van der Waals surface area contributed by atoms with Gasteiger partial charge in [0.15, 0.2) is 11.5 Å². The summed E-state index contributed by atoms with van der Waals surface area (Å²) < 4.78 is 21.5. The molecule has 0 saturated carbocycles. The van der Waals surface area contributed by atoms with Gasteiger partial charge < -0.3 is 34.5 Å². The molecule has 10 heteroatoms. The lowest BCUT2D eigenvalue weighted by Crippen LogP contribution is -2.52. The summed E-state index contributed by atoms with van der Waals surface area (Å²) in [6.45, 7) is 15.7. The maximum Gasteiger partial charge on any atom is 0.408 e. The molecule has 0 aromatic heterocycles. The topological polar surface area (TPSA) is 115 Å². The van der Waals surface area contributed by atoms with Crippen LogP contribution in [0.4, 0.5) is 9.59 Å². The molecular weight excluding hydrogens is 490 g/mol. The van der Waals surface area contributed by atoms with Crippen LogP contribution in [0.25, 0.3) is 0 Å². The van der Waals surface area contributed by atoms with Crippen molar-refractivity contribution in [2.75, 3.05) is 19.9 Å². The quantitative estimate of drug-likeness (QED) is 0.392. The van der Waals surface area contributed by atoms with Gasteiger partial charge in [0, 0.05) is 19.1 Å². The van der Waals surface area contributed by atoms with Gasteiger partial charge in [-0.2, -0.15) is 0 Å². The van der Waals surface area contributed by atoms with E-state index in [1.807, 2.05) is 32.0 Å². The van der Waals surface area contributed by atoms with Crippen molar-refractivity contribution in [3.8, 4) is 11.5 Å². The highest BCUT2D eigenvalue weighted by atomic mass is 16.7. The monoisotopic (exact) mass is 535 g/mol. The van der Waals surface area contributed by atoms with Crippen LogP contribution in [0, 0.1) is 0 Å². The van der Waals surface area contributed by atoms with E-state index in [2.05, 4.69) is 10.6 Å². The van der Waals surface area contributed by atoms with Crippen LogP contribution in [-0.4, -0.2) is 66.2 Å². The van der Waals surface area contributed by atoms with E-state index < -0.39 is 29.4 Å². The number of nitrogens with zero attached hydrogens (tertiary/aromatic N) is 1. The number of unbranched alkanes of at least 4 members (excludes halogenated alkanes) is 1. The molecule has 0 aliphatic carbocycles. The number of alkyl carbamates (subject to hydrolysis) is 2. The summed E-state index contributed by atoms with van der Waals surface area (Å²) in [7, 11) is 0. The molecule has 10 nitrogen and oxygen atoms in total. The van der Waals surface area contributed by atoms with Crippen LogP contribution in [-0.2, 0) is 20.7 Å². The summed E-state index contributed by atoms with van der Waals surface area (Å²) in [4.78, 5) is 39.9. The van der Waals surface area contributed by atoms with Gasteiger partial charge in [0.1, 0.15) is 17.2 Å². The second kappa shape index (κ2) is 13.6. The zero-order valence-electron chi connectivity index (χ0n) is 24.1. The Kier molecular flexibility index (Phi) is 11.1. The largest absolute Gasteiger partial charge is 0.454 e. The lowest BCUT2D eigenvalue weighted by Gasteiger charge is -2.32. The van der Waals surface area contributed by atoms with Crippen LogP contribution in [0.3, 0.4) is 0 Å². The molecule has 2 unspecified atom stereocenters. The Morgan fingerprint density at radius 3 is 2.24 bits per heavy atom. The summed E-state index contributed by atoms with van der Waals surface area (Å²) >= 11 is 0. The third-order valence-corrected chi connectivity index (χ3v) is 5.70. The molecule has 0 radical (unpaired) electrons. The van der Waals surface area contributed by atoms with E-state index in [1.54, 1.807) is 46.4 Å². The Balaban J connectivity index is 2.01. The number of likely N-dealkylation sites (N-methyl/N-ethyl adjacent to an activating group) is 1. The molecule has 38 heavy (non-hydrogen) atoms. The summed E-state index contributed by atoms with van der Waals surface area (Å²) in [5.41, 5.74) is -0.232. The van der Waals surface area contributed by atoms with Crippen LogP contribution >= 0.6 is 0 Å². The number of carbonyl (C=O) groups excluding carboxylic acids is 3. The first kappa shape index (κ1) is 31.1. The van der Waals surface area contributed by atoms with Crippen molar-refractivity contribution in [2.24, 2.45) is 0 Å². The molecule has 0 saturated heterocycles. The maximum atomic E-state index is 13.6. The Morgan fingerprint density at radius 2 is 1.61 bits per heavy atom. The first-order chi connectivity index (χ1) is 17.7. The standard InChI is InChI=1S/C28H45N3O7/c1-9-31(19(2)16-20-13-14-22-23(17-20)36-18-35-22)24(32)21(30-26(34)38-28(6,7)8)12-10-11-15-29-25(33)37-27(3,4)5/h13-14,17,19,21H,9-12,15-16,18H2,1-8H3,(H,29,33)(H,30,34). The fourth-order valence-corrected chi connectivity index (χ4v) is 4.09. The van der Waals surface area contributed by atoms with Gasteiger partial charge in [-0.1, -0.05) is 6.07 Å². The zero-order valence-corrected chi connectivity index (χ0v) is 24.1. The fourth-order valence-electron chi connectivity index (χ4n) is 4.09. The van der Waals surface area contributed by atoms with E-state index in [0.29, 0.717) is 50.3 Å². The average molecular weight is 536 g/mol. The molecule has 3 amide bonds. The first-order valence-electron chi connectivity index (χ1n) is 13.3. The molecule has 2 N–H and O–H groups in total. The summed E-state index contributed by atoms with van der Waals surface area (Å²) in [5.74, 6) is 1.24. The van der Waals surface area contributed by atoms with Crippen molar-refractivity contribution < 1.29 is 33.3 Å². The summed E-state index contributed by atoms with van der Waals surface area (Å²) in [6, 6.07) is 4.90. The van der Waals surface area contributed by atoms with Crippen molar-refractivity contribution in [3.05, 3.63) is 23.8 Å². The maximum absolute atomic E-state index is 13.6. The third kappa shape index (κ3) is 10.7. The highest BCUT2D eigenvalue weighted by Crippen LogP contribution is 2.33. The van der Waals surface area contributed by atoms with E-state index in [9.17, 15) is 14.4 Å². The van der Waals surface area contributed by atoms with E-state index in [-0.39, 0.29) is 18.7 Å². The molecule has 1 aliphatic heterocycles. The van der Waals surface area contributed by atoms with E-state index in [0.717, 1.165) is 5.56 Å². The van der Waals surface area contributed by atoms with Gasteiger partial charge in [-0.25, -0.2) is 9.59 Å². The lowest BCUT2D eigenvalue weighted by atomic mass is 10.0. The first-order valence-corrected chi connectivity index (χ1v) is 13.3. The van der Waals surface area contributed by atoms with Crippen molar-refractivity contribution in [2.45, 2.75) is 104 Å². The Bertz CT molecular complexity index is 953. The molecule has 1 aromatic carbocycles. The number of ether oxygens (including phenoxy) is 4. The van der Waals surface area contributed by atoms with Gasteiger partial charge >= 0.3 is 12.2 Å². The minimum atomic E-state index is -0.759. The summed E-state index contributed by atoms with van der Waals surface area (Å²) in [5, 5.41) is 5.49. The van der Waals surface area contributed by atoms with Gasteiger partial charge in [-0.3, -0.25) is 4.79 Å². The molecule has 1 aromatic rings. The minimum absolute atomic E-state index is 0.121.